The van der Waals surface area contributed by atoms with Gasteiger partial charge in [-0.15, -0.1) is 0 Å². The fourth-order valence-corrected chi connectivity index (χ4v) is 6.53. The van der Waals surface area contributed by atoms with Gasteiger partial charge in [-0.05, 0) is 74.1 Å². The summed E-state index contributed by atoms with van der Waals surface area (Å²) in [7, 11) is 0. The van der Waals surface area contributed by atoms with E-state index in [1.807, 2.05) is 12.1 Å². The van der Waals surface area contributed by atoms with Crippen molar-refractivity contribution in [2.45, 2.75) is 69.8 Å². The Hall–Kier alpha value is -1.28. The third-order valence-electron chi connectivity index (χ3n) is 7.64. The maximum atomic E-state index is 10.6. The molecule has 1 aromatic carbocycles. The standard InChI is InChI=1S/C21H26O2/c1-20-9-10-21-8-2-3-13(19(21)17(20)6-7-18(20)23)11-14-12-15(22)4-5-16(14)21/h4-5,12-13,18,22-23H,2-3,6-11H2,1H3/t13-,18-,20-,21+/m0/s1. The molecule has 2 heteroatoms. The van der Waals surface area contributed by atoms with Gasteiger partial charge in [-0.1, -0.05) is 30.6 Å². The number of hydrogen-bond donors (Lipinski definition) is 2. The van der Waals surface area contributed by atoms with Gasteiger partial charge in [-0.25, -0.2) is 0 Å². The van der Waals surface area contributed by atoms with Crippen molar-refractivity contribution in [3.63, 3.8) is 0 Å². The van der Waals surface area contributed by atoms with Gasteiger partial charge in [-0.3, -0.25) is 0 Å². The van der Waals surface area contributed by atoms with Gasteiger partial charge in [0.25, 0.3) is 0 Å². The minimum atomic E-state index is -0.149. The second-order valence-electron chi connectivity index (χ2n) is 8.58. The Morgan fingerprint density at radius 2 is 2.00 bits per heavy atom. The molecule has 2 bridgehead atoms. The molecule has 2 N–H and O–H groups in total. The smallest absolute Gasteiger partial charge is 0.115 e. The van der Waals surface area contributed by atoms with Crippen LogP contribution in [0, 0.1) is 11.3 Å². The van der Waals surface area contributed by atoms with Gasteiger partial charge < -0.3 is 10.2 Å². The third-order valence-corrected chi connectivity index (χ3v) is 7.64. The van der Waals surface area contributed by atoms with E-state index in [0.717, 1.165) is 25.7 Å². The molecule has 0 unspecified atom stereocenters. The van der Waals surface area contributed by atoms with Crippen LogP contribution in [0.3, 0.4) is 0 Å². The summed E-state index contributed by atoms with van der Waals surface area (Å²) in [6, 6.07) is 6.08. The minimum Gasteiger partial charge on any atom is -0.508 e. The highest BCUT2D eigenvalue weighted by Crippen LogP contribution is 2.64. The summed E-state index contributed by atoms with van der Waals surface area (Å²) in [5.74, 6) is 1.05. The Morgan fingerprint density at radius 1 is 1.13 bits per heavy atom. The first-order valence-corrected chi connectivity index (χ1v) is 9.29. The van der Waals surface area contributed by atoms with Crippen LogP contribution in [-0.4, -0.2) is 16.3 Å². The zero-order valence-electron chi connectivity index (χ0n) is 13.9. The quantitative estimate of drug-likeness (QED) is 0.704. The second kappa shape index (κ2) is 4.42. The predicted molar refractivity (Wildman–Crippen MR) is 90.4 cm³/mol. The van der Waals surface area contributed by atoms with E-state index in [2.05, 4.69) is 13.0 Å². The zero-order valence-corrected chi connectivity index (χ0v) is 13.9. The van der Waals surface area contributed by atoms with E-state index < -0.39 is 0 Å². The first-order chi connectivity index (χ1) is 11.0. The van der Waals surface area contributed by atoms with Crippen LogP contribution in [-0.2, 0) is 11.8 Å². The van der Waals surface area contributed by atoms with Crippen LogP contribution < -0.4 is 0 Å². The number of allylic oxidation sites excluding steroid dienone is 1. The summed E-state index contributed by atoms with van der Waals surface area (Å²) in [6.07, 6.45) is 9.11. The molecule has 0 radical (unpaired) electrons. The molecule has 2 fully saturated rings. The number of aliphatic hydroxyl groups is 1. The average molecular weight is 310 g/mol. The summed E-state index contributed by atoms with van der Waals surface area (Å²) >= 11 is 0. The van der Waals surface area contributed by atoms with Gasteiger partial charge in [-0.2, -0.15) is 0 Å². The lowest BCUT2D eigenvalue weighted by atomic mass is 9.49. The van der Waals surface area contributed by atoms with Crippen LogP contribution in [0.2, 0.25) is 0 Å². The predicted octanol–water partition coefficient (Wildman–Crippen LogP) is 4.24. The molecule has 0 heterocycles. The maximum Gasteiger partial charge on any atom is 0.115 e. The van der Waals surface area contributed by atoms with Gasteiger partial charge in [0.2, 0.25) is 0 Å². The molecular formula is C21H26O2. The lowest BCUT2D eigenvalue weighted by molar-refractivity contribution is 0.0594. The number of fused-ring (bicyclic) bond motifs is 2. The molecule has 0 aliphatic heterocycles. The van der Waals surface area contributed by atoms with E-state index in [1.165, 1.54) is 36.8 Å². The minimum absolute atomic E-state index is 0.0306. The number of aliphatic hydroxyl groups excluding tert-OH is 1. The highest BCUT2D eigenvalue weighted by molar-refractivity contribution is 5.54. The molecule has 0 saturated heterocycles. The van der Waals surface area contributed by atoms with Crippen molar-refractivity contribution < 1.29 is 10.2 Å². The van der Waals surface area contributed by atoms with Crippen molar-refractivity contribution in [3.05, 3.63) is 40.5 Å². The molecule has 4 atom stereocenters. The SMILES string of the molecule is C[C@]12CC[C@]34CCC[C@@H](Cc5cc(O)ccc53)C4=C1CC[C@@H]2O. The summed E-state index contributed by atoms with van der Waals surface area (Å²) in [5.41, 5.74) is 6.43. The van der Waals surface area contributed by atoms with Crippen LogP contribution >= 0.6 is 0 Å². The molecule has 122 valence electrons. The molecule has 4 aliphatic carbocycles. The number of phenols is 1. The third kappa shape index (κ3) is 1.63. The van der Waals surface area contributed by atoms with E-state index >= 15 is 0 Å². The number of aromatic hydroxyl groups is 1. The summed E-state index contributed by atoms with van der Waals surface area (Å²) < 4.78 is 0. The number of hydrogen-bond acceptors (Lipinski definition) is 2. The highest BCUT2D eigenvalue weighted by Gasteiger charge is 2.56. The summed E-state index contributed by atoms with van der Waals surface area (Å²) in [6.45, 7) is 2.31. The van der Waals surface area contributed by atoms with Gasteiger partial charge in [0, 0.05) is 10.8 Å². The van der Waals surface area contributed by atoms with E-state index in [4.69, 9.17) is 0 Å². The Bertz CT molecular complexity index is 719. The normalized spacial score (nSPS) is 41.3. The number of rotatable bonds is 0. The van der Waals surface area contributed by atoms with Crippen molar-refractivity contribution in [2.75, 3.05) is 0 Å². The van der Waals surface area contributed by atoms with E-state index in [9.17, 15) is 10.2 Å². The van der Waals surface area contributed by atoms with Gasteiger partial charge in [0.05, 0.1) is 6.10 Å². The summed E-state index contributed by atoms with van der Waals surface area (Å²) in [5, 5.41) is 20.5. The van der Waals surface area contributed by atoms with Crippen LogP contribution in [0.15, 0.2) is 29.3 Å². The highest BCUT2D eigenvalue weighted by atomic mass is 16.3. The van der Waals surface area contributed by atoms with Gasteiger partial charge in [0.15, 0.2) is 0 Å². The van der Waals surface area contributed by atoms with E-state index in [0.29, 0.717) is 11.7 Å². The maximum absolute atomic E-state index is 10.6. The Balaban J connectivity index is 1.78. The molecule has 1 aromatic rings. The van der Waals surface area contributed by atoms with E-state index in [-0.39, 0.29) is 16.9 Å². The van der Waals surface area contributed by atoms with Crippen molar-refractivity contribution in [2.24, 2.45) is 11.3 Å². The van der Waals surface area contributed by atoms with Crippen LogP contribution in [0.1, 0.15) is 63.0 Å². The monoisotopic (exact) mass is 310 g/mol. The second-order valence-corrected chi connectivity index (χ2v) is 8.58. The molecule has 2 saturated carbocycles. The average Bonchev–Trinajstić information content (AvgIpc) is 2.82. The Kier molecular flexibility index (Phi) is 2.71. The topological polar surface area (TPSA) is 40.5 Å². The van der Waals surface area contributed by atoms with Gasteiger partial charge >= 0.3 is 0 Å². The van der Waals surface area contributed by atoms with Crippen molar-refractivity contribution >= 4 is 0 Å². The van der Waals surface area contributed by atoms with Crippen molar-refractivity contribution in [3.8, 4) is 5.75 Å². The Labute approximate surface area is 138 Å². The molecule has 23 heavy (non-hydrogen) atoms. The van der Waals surface area contributed by atoms with Crippen molar-refractivity contribution in [1.29, 1.82) is 0 Å². The molecule has 4 aliphatic rings. The first kappa shape index (κ1) is 14.1. The lowest BCUT2D eigenvalue weighted by Gasteiger charge is -2.55. The van der Waals surface area contributed by atoms with Crippen LogP contribution in [0.25, 0.3) is 0 Å². The molecule has 2 nitrogen and oxygen atoms in total. The zero-order chi connectivity index (χ0) is 15.8. The largest absolute Gasteiger partial charge is 0.508 e. The van der Waals surface area contributed by atoms with Crippen LogP contribution in [0.4, 0.5) is 0 Å². The lowest BCUT2D eigenvalue weighted by Crippen LogP contribution is -2.48. The first-order valence-electron chi connectivity index (χ1n) is 9.29. The molecule has 0 aromatic heterocycles. The van der Waals surface area contributed by atoms with Crippen molar-refractivity contribution in [1.82, 2.24) is 0 Å². The number of phenolic OH excluding ortho intramolecular Hbond substituents is 1. The molecule has 0 spiro atoms. The molecular weight excluding hydrogens is 284 g/mol. The van der Waals surface area contributed by atoms with Gasteiger partial charge in [0.1, 0.15) is 5.75 Å². The summed E-state index contributed by atoms with van der Waals surface area (Å²) in [4.78, 5) is 0. The number of benzene rings is 1. The molecule has 0 amide bonds. The van der Waals surface area contributed by atoms with E-state index in [1.54, 1.807) is 11.1 Å². The fraction of sp³-hybridized carbons (Fsp3) is 0.619. The van der Waals surface area contributed by atoms with Crippen LogP contribution in [0.5, 0.6) is 5.75 Å². The molecule has 5 rings (SSSR count). The fourth-order valence-electron chi connectivity index (χ4n) is 6.53. The Morgan fingerprint density at radius 3 is 2.87 bits per heavy atom.